The molecule has 1 aromatic carbocycles. The molecule has 0 aromatic heterocycles. The van der Waals surface area contributed by atoms with Gasteiger partial charge >= 0.3 is 0 Å². The Kier molecular flexibility index (Phi) is 5.12. The van der Waals surface area contributed by atoms with E-state index in [1.165, 1.54) is 0 Å². The van der Waals surface area contributed by atoms with Crippen LogP contribution in [0.5, 0.6) is 5.75 Å². The third-order valence-corrected chi connectivity index (χ3v) is 3.74. The smallest absolute Gasteiger partial charge is 0.198 e. The van der Waals surface area contributed by atoms with Gasteiger partial charge in [0, 0.05) is 6.61 Å². The molecule has 0 aliphatic carbocycles. The molecular formula is C16H24O3. The molecular weight excluding hydrogens is 240 g/mol. The van der Waals surface area contributed by atoms with Crippen molar-refractivity contribution >= 4 is 5.78 Å². The van der Waals surface area contributed by atoms with E-state index in [2.05, 4.69) is 0 Å². The van der Waals surface area contributed by atoms with Crippen molar-refractivity contribution in [1.82, 2.24) is 0 Å². The van der Waals surface area contributed by atoms with Crippen LogP contribution in [-0.2, 0) is 4.74 Å². The molecule has 1 aromatic rings. The van der Waals surface area contributed by atoms with Gasteiger partial charge in [0.2, 0.25) is 0 Å². The summed E-state index contributed by atoms with van der Waals surface area (Å²) in [6.07, 6.45) is 0.635. The van der Waals surface area contributed by atoms with Crippen LogP contribution < -0.4 is 4.74 Å². The van der Waals surface area contributed by atoms with Crippen LogP contribution in [-0.4, -0.2) is 25.1 Å². The van der Waals surface area contributed by atoms with E-state index in [9.17, 15) is 4.79 Å². The van der Waals surface area contributed by atoms with E-state index in [-0.39, 0.29) is 5.78 Å². The molecule has 0 saturated heterocycles. The second-order valence-electron chi connectivity index (χ2n) is 4.93. The minimum atomic E-state index is -0.788. The molecule has 1 rings (SSSR count). The van der Waals surface area contributed by atoms with Crippen molar-refractivity contribution in [3.05, 3.63) is 28.8 Å². The first-order valence-electron chi connectivity index (χ1n) is 6.74. The zero-order chi connectivity index (χ0) is 14.6. The van der Waals surface area contributed by atoms with Crippen molar-refractivity contribution in [3.8, 4) is 5.75 Å². The zero-order valence-corrected chi connectivity index (χ0v) is 12.8. The predicted octanol–water partition coefficient (Wildman–Crippen LogP) is 3.70. The number of ketones is 1. The maximum Gasteiger partial charge on any atom is 0.198 e. The highest BCUT2D eigenvalue weighted by Crippen LogP contribution is 2.31. The van der Waals surface area contributed by atoms with Crippen molar-refractivity contribution in [1.29, 1.82) is 0 Å². The van der Waals surface area contributed by atoms with Gasteiger partial charge in [-0.3, -0.25) is 4.79 Å². The van der Waals surface area contributed by atoms with E-state index in [1.54, 1.807) is 7.11 Å². The van der Waals surface area contributed by atoms with Crippen LogP contribution in [0, 0.1) is 13.8 Å². The molecule has 0 aliphatic rings. The summed E-state index contributed by atoms with van der Waals surface area (Å²) in [4.78, 5) is 12.7. The summed E-state index contributed by atoms with van der Waals surface area (Å²) < 4.78 is 11.1. The first-order chi connectivity index (χ1) is 8.91. The van der Waals surface area contributed by atoms with Gasteiger partial charge in [0.05, 0.1) is 12.7 Å². The number of hydrogen-bond donors (Lipinski definition) is 0. The van der Waals surface area contributed by atoms with Crippen molar-refractivity contribution in [2.75, 3.05) is 13.7 Å². The van der Waals surface area contributed by atoms with E-state index in [0.29, 0.717) is 24.3 Å². The van der Waals surface area contributed by atoms with Gasteiger partial charge in [-0.05, 0) is 51.3 Å². The Bertz CT molecular complexity index is 465. The Hall–Kier alpha value is -1.35. The van der Waals surface area contributed by atoms with Gasteiger partial charge < -0.3 is 9.47 Å². The van der Waals surface area contributed by atoms with Gasteiger partial charge in [-0.15, -0.1) is 0 Å². The van der Waals surface area contributed by atoms with Crippen LogP contribution in [0.4, 0.5) is 0 Å². The second-order valence-corrected chi connectivity index (χ2v) is 4.93. The molecule has 0 heterocycles. The van der Waals surface area contributed by atoms with E-state index < -0.39 is 5.60 Å². The molecule has 0 spiro atoms. The van der Waals surface area contributed by atoms with Gasteiger partial charge in [-0.25, -0.2) is 0 Å². The van der Waals surface area contributed by atoms with Crippen molar-refractivity contribution in [2.24, 2.45) is 0 Å². The molecule has 0 amide bonds. The first kappa shape index (κ1) is 15.7. The lowest BCUT2D eigenvalue weighted by molar-refractivity contribution is -0.0117. The van der Waals surface area contributed by atoms with E-state index in [4.69, 9.17) is 9.47 Å². The van der Waals surface area contributed by atoms with Crippen molar-refractivity contribution in [3.63, 3.8) is 0 Å². The number of methoxy groups -OCH3 is 1. The fraction of sp³-hybridized carbons (Fsp3) is 0.562. The SMILES string of the molecule is CCOC(C)(CC)C(=O)c1ccc(C)c(C)c1OC. The van der Waals surface area contributed by atoms with Crippen LogP contribution in [0.25, 0.3) is 0 Å². The Morgan fingerprint density at radius 1 is 1.26 bits per heavy atom. The lowest BCUT2D eigenvalue weighted by Crippen LogP contribution is -2.38. The Balaban J connectivity index is 3.30. The van der Waals surface area contributed by atoms with Crippen LogP contribution >= 0.6 is 0 Å². The molecule has 0 N–H and O–H groups in total. The van der Waals surface area contributed by atoms with Crippen molar-refractivity contribution in [2.45, 2.75) is 46.6 Å². The van der Waals surface area contributed by atoms with Crippen LogP contribution in [0.2, 0.25) is 0 Å². The number of carbonyl (C=O) groups is 1. The van der Waals surface area contributed by atoms with Crippen molar-refractivity contribution < 1.29 is 14.3 Å². The number of Topliss-reactive ketones (excluding diaryl/α,β-unsaturated/α-hetero) is 1. The molecule has 0 bridgehead atoms. The van der Waals surface area contributed by atoms with Crippen LogP contribution in [0.1, 0.15) is 48.7 Å². The average molecular weight is 264 g/mol. The summed E-state index contributed by atoms with van der Waals surface area (Å²) in [5, 5.41) is 0. The van der Waals surface area contributed by atoms with E-state index >= 15 is 0 Å². The molecule has 106 valence electrons. The molecule has 3 heteroatoms. The summed E-state index contributed by atoms with van der Waals surface area (Å²) in [5.41, 5.74) is 1.93. The second kappa shape index (κ2) is 6.20. The lowest BCUT2D eigenvalue weighted by atomic mass is 9.89. The molecule has 0 saturated carbocycles. The van der Waals surface area contributed by atoms with E-state index in [0.717, 1.165) is 11.1 Å². The number of carbonyl (C=O) groups excluding carboxylic acids is 1. The summed E-state index contributed by atoms with van der Waals surface area (Å²) in [6.45, 7) is 10.2. The molecule has 1 unspecified atom stereocenters. The summed E-state index contributed by atoms with van der Waals surface area (Å²) in [7, 11) is 1.60. The normalized spacial score (nSPS) is 14.0. The van der Waals surface area contributed by atoms with Gasteiger partial charge in [0.25, 0.3) is 0 Å². The van der Waals surface area contributed by atoms with Crippen LogP contribution in [0.3, 0.4) is 0 Å². The zero-order valence-electron chi connectivity index (χ0n) is 12.8. The molecule has 3 nitrogen and oxygen atoms in total. The lowest BCUT2D eigenvalue weighted by Gasteiger charge is -2.27. The van der Waals surface area contributed by atoms with Gasteiger partial charge in [-0.2, -0.15) is 0 Å². The Morgan fingerprint density at radius 3 is 2.37 bits per heavy atom. The first-order valence-corrected chi connectivity index (χ1v) is 6.74. The fourth-order valence-corrected chi connectivity index (χ4v) is 2.16. The van der Waals surface area contributed by atoms with Gasteiger partial charge in [0.1, 0.15) is 11.4 Å². The highest BCUT2D eigenvalue weighted by molar-refractivity contribution is 6.04. The predicted molar refractivity (Wildman–Crippen MR) is 77.1 cm³/mol. The summed E-state index contributed by atoms with van der Waals surface area (Å²) >= 11 is 0. The number of rotatable bonds is 6. The molecule has 0 fully saturated rings. The third-order valence-electron chi connectivity index (χ3n) is 3.74. The fourth-order valence-electron chi connectivity index (χ4n) is 2.16. The highest BCUT2D eigenvalue weighted by atomic mass is 16.5. The Labute approximate surface area is 115 Å². The number of benzene rings is 1. The minimum absolute atomic E-state index is 0.0169. The maximum absolute atomic E-state index is 12.7. The number of ether oxygens (including phenoxy) is 2. The summed E-state index contributed by atoms with van der Waals surface area (Å²) in [6, 6.07) is 3.78. The molecule has 0 aliphatic heterocycles. The number of aryl methyl sites for hydroxylation is 1. The largest absolute Gasteiger partial charge is 0.496 e. The quantitative estimate of drug-likeness (QED) is 0.735. The topological polar surface area (TPSA) is 35.5 Å². The van der Waals surface area contributed by atoms with Gasteiger partial charge in [0.15, 0.2) is 5.78 Å². The minimum Gasteiger partial charge on any atom is -0.496 e. The molecule has 1 atom stereocenters. The Morgan fingerprint density at radius 2 is 1.89 bits per heavy atom. The number of hydrogen-bond acceptors (Lipinski definition) is 3. The average Bonchev–Trinajstić information content (AvgIpc) is 2.41. The van der Waals surface area contributed by atoms with Gasteiger partial charge in [-0.1, -0.05) is 13.0 Å². The standard InChI is InChI=1S/C16H24O3/c1-7-16(5,19-8-2)15(17)13-10-9-11(3)12(4)14(13)18-6/h9-10H,7-8H2,1-6H3. The van der Waals surface area contributed by atoms with E-state index in [1.807, 2.05) is 46.8 Å². The van der Waals surface area contributed by atoms with Crippen LogP contribution in [0.15, 0.2) is 12.1 Å². The maximum atomic E-state index is 12.7. The third kappa shape index (κ3) is 2.98. The molecule has 19 heavy (non-hydrogen) atoms. The monoisotopic (exact) mass is 264 g/mol. The molecule has 0 radical (unpaired) electrons. The highest BCUT2D eigenvalue weighted by Gasteiger charge is 2.34. The summed E-state index contributed by atoms with van der Waals surface area (Å²) in [5.74, 6) is 0.640.